The zero-order chi connectivity index (χ0) is 22.3. The maximum atomic E-state index is 13.0. The molecule has 0 unspecified atom stereocenters. The van der Waals surface area contributed by atoms with Gasteiger partial charge < -0.3 is 19.6 Å². The number of aromatic nitrogens is 2. The SMILES string of the molecule is COc1ccc2cc(-c3ccnc(C(=O)N4CCN(C(=O)C5(O)CC5)CC4)c3)ccc2n1. The summed E-state index contributed by atoms with van der Waals surface area (Å²) in [6.07, 6.45) is 2.70. The Morgan fingerprint density at radius 3 is 2.41 bits per heavy atom. The first kappa shape index (κ1) is 20.4. The normalized spacial score (nSPS) is 17.3. The van der Waals surface area contributed by atoms with Crippen LogP contribution in [0.1, 0.15) is 23.3 Å². The van der Waals surface area contributed by atoms with Crippen LogP contribution >= 0.6 is 0 Å². The van der Waals surface area contributed by atoms with E-state index in [1.807, 2.05) is 36.4 Å². The highest BCUT2D eigenvalue weighted by atomic mass is 16.5. The van der Waals surface area contributed by atoms with Crippen LogP contribution in [-0.4, -0.2) is 75.6 Å². The van der Waals surface area contributed by atoms with E-state index in [0.29, 0.717) is 50.6 Å². The molecular weight excluding hydrogens is 408 g/mol. The Bertz CT molecular complexity index is 1200. The zero-order valence-electron chi connectivity index (χ0n) is 17.8. The predicted octanol–water partition coefficient (Wildman–Crippen LogP) is 2.11. The van der Waals surface area contributed by atoms with E-state index in [4.69, 9.17) is 4.74 Å². The topological polar surface area (TPSA) is 95.9 Å². The average Bonchev–Trinajstić information content (AvgIpc) is 3.61. The lowest BCUT2D eigenvalue weighted by molar-refractivity contribution is -0.143. The Kier molecular flexibility index (Phi) is 5.01. The second-order valence-electron chi connectivity index (χ2n) is 8.31. The fourth-order valence-corrected chi connectivity index (χ4v) is 4.03. The summed E-state index contributed by atoms with van der Waals surface area (Å²) in [7, 11) is 1.59. The molecule has 5 rings (SSSR count). The molecule has 3 heterocycles. The van der Waals surface area contributed by atoms with Crippen molar-refractivity contribution in [1.82, 2.24) is 19.8 Å². The number of pyridine rings is 2. The minimum absolute atomic E-state index is 0.156. The molecule has 3 aromatic rings. The van der Waals surface area contributed by atoms with Gasteiger partial charge in [0.15, 0.2) is 0 Å². The molecule has 32 heavy (non-hydrogen) atoms. The van der Waals surface area contributed by atoms with Gasteiger partial charge in [-0.15, -0.1) is 0 Å². The van der Waals surface area contributed by atoms with Crippen molar-refractivity contribution < 1.29 is 19.4 Å². The summed E-state index contributed by atoms with van der Waals surface area (Å²) in [5.41, 5.74) is 1.90. The van der Waals surface area contributed by atoms with Crippen LogP contribution in [0.25, 0.3) is 22.0 Å². The van der Waals surface area contributed by atoms with Gasteiger partial charge in [0.1, 0.15) is 11.3 Å². The van der Waals surface area contributed by atoms with Crippen LogP contribution in [0, 0.1) is 0 Å². The van der Waals surface area contributed by atoms with Gasteiger partial charge in [0.05, 0.1) is 12.6 Å². The second-order valence-corrected chi connectivity index (χ2v) is 8.31. The van der Waals surface area contributed by atoms with E-state index in [2.05, 4.69) is 9.97 Å². The number of rotatable bonds is 4. The van der Waals surface area contributed by atoms with E-state index in [1.54, 1.807) is 29.2 Å². The van der Waals surface area contributed by atoms with Gasteiger partial charge in [0.25, 0.3) is 11.8 Å². The predicted molar refractivity (Wildman–Crippen MR) is 118 cm³/mol. The van der Waals surface area contributed by atoms with Gasteiger partial charge in [-0.05, 0) is 54.3 Å². The van der Waals surface area contributed by atoms with Crippen LogP contribution in [0.3, 0.4) is 0 Å². The van der Waals surface area contributed by atoms with Gasteiger partial charge in [-0.1, -0.05) is 6.07 Å². The summed E-state index contributed by atoms with van der Waals surface area (Å²) >= 11 is 0. The number of carbonyl (C=O) groups excluding carboxylic acids is 2. The lowest BCUT2D eigenvalue weighted by Crippen LogP contribution is -2.53. The molecule has 1 aliphatic carbocycles. The standard InChI is InChI=1S/C24H24N4O4/c1-32-21-5-3-18-14-16(2-4-19(18)26-21)17-6-9-25-20(15-17)22(29)27-10-12-28(13-11-27)23(30)24(31)7-8-24/h2-6,9,14-15,31H,7-8,10-13H2,1H3. The highest BCUT2D eigenvalue weighted by molar-refractivity contribution is 5.94. The molecule has 0 atom stereocenters. The molecule has 1 aliphatic heterocycles. The third kappa shape index (κ3) is 3.78. The van der Waals surface area contributed by atoms with E-state index >= 15 is 0 Å². The number of carbonyl (C=O) groups is 2. The van der Waals surface area contributed by atoms with Gasteiger partial charge in [0, 0.05) is 43.8 Å². The van der Waals surface area contributed by atoms with Crippen molar-refractivity contribution in [3.8, 4) is 17.0 Å². The van der Waals surface area contributed by atoms with Gasteiger partial charge in [0.2, 0.25) is 5.88 Å². The lowest BCUT2D eigenvalue weighted by atomic mass is 10.0. The lowest BCUT2D eigenvalue weighted by Gasteiger charge is -2.35. The van der Waals surface area contributed by atoms with Crippen molar-refractivity contribution in [3.63, 3.8) is 0 Å². The minimum atomic E-state index is -1.16. The molecule has 2 amide bonds. The monoisotopic (exact) mass is 432 g/mol. The molecule has 8 nitrogen and oxygen atoms in total. The Labute approximate surface area is 185 Å². The first-order valence-corrected chi connectivity index (χ1v) is 10.7. The van der Waals surface area contributed by atoms with E-state index < -0.39 is 5.60 Å². The summed E-state index contributed by atoms with van der Waals surface area (Å²) < 4.78 is 5.18. The number of aliphatic hydroxyl groups is 1. The largest absolute Gasteiger partial charge is 0.481 e. The zero-order valence-corrected chi connectivity index (χ0v) is 17.8. The van der Waals surface area contributed by atoms with Crippen LogP contribution in [0.15, 0.2) is 48.7 Å². The van der Waals surface area contributed by atoms with Crippen LogP contribution in [0.2, 0.25) is 0 Å². The molecule has 2 aromatic heterocycles. The molecule has 1 N–H and O–H groups in total. The summed E-state index contributed by atoms with van der Waals surface area (Å²) in [5, 5.41) is 11.0. The number of methoxy groups -OCH3 is 1. The van der Waals surface area contributed by atoms with Crippen LogP contribution < -0.4 is 4.74 Å². The molecule has 8 heteroatoms. The summed E-state index contributed by atoms with van der Waals surface area (Å²) in [6, 6.07) is 13.4. The van der Waals surface area contributed by atoms with Crippen molar-refractivity contribution in [2.75, 3.05) is 33.3 Å². The molecule has 1 saturated heterocycles. The summed E-state index contributed by atoms with van der Waals surface area (Å²) in [6.45, 7) is 1.70. The maximum absolute atomic E-state index is 13.0. The average molecular weight is 432 g/mol. The van der Waals surface area contributed by atoms with Crippen molar-refractivity contribution in [1.29, 1.82) is 0 Å². The highest BCUT2D eigenvalue weighted by Crippen LogP contribution is 2.37. The summed E-state index contributed by atoms with van der Waals surface area (Å²) in [4.78, 5) is 37.4. The number of hydrogen-bond donors (Lipinski definition) is 1. The fourth-order valence-electron chi connectivity index (χ4n) is 4.03. The van der Waals surface area contributed by atoms with Crippen molar-refractivity contribution in [2.24, 2.45) is 0 Å². The first-order valence-electron chi connectivity index (χ1n) is 10.7. The van der Waals surface area contributed by atoms with Crippen LogP contribution in [-0.2, 0) is 4.79 Å². The fraction of sp³-hybridized carbons (Fsp3) is 0.333. The molecular formula is C24H24N4O4. The minimum Gasteiger partial charge on any atom is -0.481 e. The molecule has 0 radical (unpaired) electrons. The molecule has 0 spiro atoms. The summed E-state index contributed by atoms with van der Waals surface area (Å²) in [5.74, 6) is 0.194. The maximum Gasteiger partial charge on any atom is 0.272 e. The highest BCUT2D eigenvalue weighted by Gasteiger charge is 2.50. The van der Waals surface area contributed by atoms with Gasteiger partial charge in [-0.3, -0.25) is 14.6 Å². The Balaban J connectivity index is 1.31. The van der Waals surface area contributed by atoms with Crippen LogP contribution in [0.5, 0.6) is 5.88 Å². The van der Waals surface area contributed by atoms with Crippen LogP contribution in [0.4, 0.5) is 0 Å². The number of fused-ring (bicyclic) bond motifs is 1. The number of benzene rings is 1. The first-order chi connectivity index (χ1) is 15.5. The molecule has 164 valence electrons. The van der Waals surface area contributed by atoms with Gasteiger partial charge >= 0.3 is 0 Å². The molecule has 2 aliphatic rings. The van der Waals surface area contributed by atoms with E-state index in [9.17, 15) is 14.7 Å². The number of nitrogens with zero attached hydrogens (tertiary/aromatic N) is 4. The van der Waals surface area contributed by atoms with Crippen molar-refractivity contribution >= 4 is 22.7 Å². The quantitative estimate of drug-likeness (QED) is 0.679. The van der Waals surface area contributed by atoms with Crippen molar-refractivity contribution in [2.45, 2.75) is 18.4 Å². The number of piperazine rings is 1. The van der Waals surface area contributed by atoms with E-state index in [-0.39, 0.29) is 11.8 Å². The number of ether oxygens (including phenoxy) is 1. The Morgan fingerprint density at radius 1 is 0.969 bits per heavy atom. The smallest absolute Gasteiger partial charge is 0.272 e. The molecule has 1 aromatic carbocycles. The molecule has 1 saturated carbocycles. The third-order valence-corrected chi connectivity index (χ3v) is 6.16. The van der Waals surface area contributed by atoms with Gasteiger partial charge in [-0.25, -0.2) is 4.98 Å². The number of hydrogen-bond acceptors (Lipinski definition) is 6. The van der Waals surface area contributed by atoms with E-state index in [1.165, 1.54) is 0 Å². The van der Waals surface area contributed by atoms with E-state index in [0.717, 1.165) is 22.0 Å². The number of amides is 2. The third-order valence-electron chi connectivity index (χ3n) is 6.16. The molecule has 0 bridgehead atoms. The van der Waals surface area contributed by atoms with Crippen molar-refractivity contribution in [3.05, 3.63) is 54.4 Å². The molecule has 2 fully saturated rings. The Hall–Kier alpha value is -3.52. The van der Waals surface area contributed by atoms with Gasteiger partial charge in [-0.2, -0.15) is 0 Å². The second kappa shape index (κ2) is 7.87. The Morgan fingerprint density at radius 2 is 1.69 bits per heavy atom.